The third-order valence-electron chi connectivity index (χ3n) is 3.28. The second-order valence-electron chi connectivity index (χ2n) is 4.77. The molecule has 0 aliphatic carbocycles. The van der Waals surface area contributed by atoms with Gasteiger partial charge in [0.1, 0.15) is 0 Å². The Labute approximate surface area is 115 Å². The molecule has 0 saturated heterocycles. The van der Waals surface area contributed by atoms with E-state index in [1.54, 1.807) is 0 Å². The monoisotopic (exact) mass is 264 g/mol. The molecule has 0 aromatic heterocycles. The maximum atomic E-state index is 11.0. The number of carbonyl (C=O) groups is 2. The van der Waals surface area contributed by atoms with Crippen molar-refractivity contribution in [3.05, 3.63) is 0 Å². The molecule has 0 bridgehead atoms. The van der Waals surface area contributed by atoms with Crippen molar-refractivity contribution < 1.29 is 9.59 Å². The number of aliphatic imine (C=N–C) groups is 2. The van der Waals surface area contributed by atoms with Crippen molar-refractivity contribution in [3.8, 4) is 0 Å². The molecule has 0 amide bonds. The van der Waals surface area contributed by atoms with Crippen molar-refractivity contribution in [1.82, 2.24) is 0 Å². The highest BCUT2D eigenvalue weighted by atomic mass is 16.1. The summed E-state index contributed by atoms with van der Waals surface area (Å²) in [7, 11) is 0. The second-order valence-corrected chi connectivity index (χ2v) is 4.77. The van der Waals surface area contributed by atoms with Crippen molar-refractivity contribution >= 4 is 23.0 Å². The topological polar surface area (TPSA) is 58.9 Å². The molecule has 0 atom stereocenters. The van der Waals surface area contributed by atoms with Gasteiger partial charge in [-0.1, -0.05) is 13.8 Å². The molecule has 0 aromatic rings. The van der Waals surface area contributed by atoms with Crippen LogP contribution in [0.4, 0.5) is 0 Å². The van der Waals surface area contributed by atoms with Gasteiger partial charge in [0.15, 0.2) is 11.6 Å². The van der Waals surface area contributed by atoms with E-state index in [1.807, 2.05) is 13.8 Å². The average molecular weight is 264 g/mol. The molecular weight excluding hydrogens is 240 g/mol. The average Bonchev–Trinajstić information content (AvgIpc) is 3.01. The molecule has 0 aromatic carbocycles. The molecule has 0 N–H and O–H groups in total. The fraction of sp³-hybridized carbons (Fsp3) is 0.733. The Bertz CT molecular complexity index is 384. The maximum Gasteiger partial charge on any atom is 0.176 e. The molecule has 0 unspecified atom stereocenters. The highest BCUT2D eigenvalue weighted by molar-refractivity contribution is 6.40. The molecule has 19 heavy (non-hydrogen) atoms. The summed E-state index contributed by atoms with van der Waals surface area (Å²) in [6, 6.07) is 0. The number of carbonyl (C=O) groups excluding carboxylic acids is 2. The van der Waals surface area contributed by atoms with Crippen molar-refractivity contribution in [2.45, 2.75) is 58.8 Å². The Morgan fingerprint density at radius 1 is 0.842 bits per heavy atom. The van der Waals surface area contributed by atoms with E-state index >= 15 is 0 Å². The first-order chi connectivity index (χ1) is 9.19. The molecular formula is C15H24N2O2. The lowest BCUT2D eigenvalue weighted by atomic mass is 10.0. The molecule has 2 heterocycles. The highest BCUT2D eigenvalue weighted by Gasteiger charge is 2.12. The quantitative estimate of drug-likeness (QED) is 0.784. The third kappa shape index (κ3) is 5.45. The van der Waals surface area contributed by atoms with E-state index < -0.39 is 0 Å². The molecule has 0 spiro atoms. The Balaban J connectivity index is 0.000000191. The molecule has 0 saturated carbocycles. The lowest BCUT2D eigenvalue weighted by Crippen LogP contribution is -2.16. The molecule has 2 rings (SSSR count). The largest absolute Gasteiger partial charge is 0.293 e. The van der Waals surface area contributed by atoms with Crippen LogP contribution in [-0.4, -0.2) is 36.1 Å². The van der Waals surface area contributed by atoms with Gasteiger partial charge >= 0.3 is 0 Å². The summed E-state index contributed by atoms with van der Waals surface area (Å²) in [4.78, 5) is 30.2. The van der Waals surface area contributed by atoms with Gasteiger partial charge in [0.25, 0.3) is 0 Å². The second kappa shape index (κ2) is 8.73. The van der Waals surface area contributed by atoms with Crippen LogP contribution in [0.1, 0.15) is 58.8 Å². The summed E-state index contributed by atoms with van der Waals surface area (Å²) in [5, 5.41) is 0. The van der Waals surface area contributed by atoms with Gasteiger partial charge in [-0.15, -0.1) is 0 Å². The van der Waals surface area contributed by atoms with Gasteiger partial charge in [-0.25, -0.2) is 0 Å². The Morgan fingerprint density at radius 3 is 1.68 bits per heavy atom. The summed E-state index contributed by atoms with van der Waals surface area (Å²) in [6.07, 6.45) is 6.41. The van der Waals surface area contributed by atoms with E-state index in [0.717, 1.165) is 56.6 Å². The summed E-state index contributed by atoms with van der Waals surface area (Å²) in [5.74, 6) is 0.465. The lowest BCUT2D eigenvalue weighted by molar-refractivity contribution is -0.113. The SMILES string of the molecule is CCC(=O)C1=NCCC1.CCC(=O)C1=NCCCC1. The van der Waals surface area contributed by atoms with Gasteiger partial charge in [-0.2, -0.15) is 0 Å². The fourth-order valence-corrected chi connectivity index (χ4v) is 2.10. The van der Waals surface area contributed by atoms with E-state index in [0.29, 0.717) is 12.8 Å². The number of rotatable bonds is 4. The first kappa shape index (κ1) is 15.7. The predicted octanol–water partition coefficient (Wildman–Crippen LogP) is 2.79. The zero-order chi connectivity index (χ0) is 14.1. The smallest absolute Gasteiger partial charge is 0.176 e. The van der Waals surface area contributed by atoms with Crippen LogP contribution in [-0.2, 0) is 9.59 Å². The van der Waals surface area contributed by atoms with Gasteiger partial charge in [-0.05, 0) is 32.1 Å². The Kier molecular flexibility index (Phi) is 7.23. The van der Waals surface area contributed by atoms with Crippen molar-refractivity contribution in [2.75, 3.05) is 13.1 Å². The summed E-state index contributed by atoms with van der Waals surface area (Å²) >= 11 is 0. The van der Waals surface area contributed by atoms with Gasteiger partial charge < -0.3 is 0 Å². The first-order valence-electron chi connectivity index (χ1n) is 7.32. The van der Waals surface area contributed by atoms with Crippen LogP contribution in [0, 0.1) is 0 Å². The van der Waals surface area contributed by atoms with Gasteiger partial charge in [-0.3, -0.25) is 19.6 Å². The van der Waals surface area contributed by atoms with Crippen molar-refractivity contribution in [1.29, 1.82) is 0 Å². The standard InChI is InChI=1S/C8H13NO.C7H11NO/c1-2-8(10)7-5-3-4-6-9-7;1-2-7(9)6-4-3-5-8-6/h2-6H2,1H3;2-5H2,1H3. The molecule has 2 aliphatic heterocycles. The summed E-state index contributed by atoms with van der Waals surface area (Å²) < 4.78 is 0. The predicted molar refractivity (Wildman–Crippen MR) is 78.3 cm³/mol. The van der Waals surface area contributed by atoms with Crippen molar-refractivity contribution in [3.63, 3.8) is 0 Å². The number of nitrogens with zero attached hydrogens (tertiary/aromatic N) is 2. The Hall–Kier alpha value is -1.32. The minimum absolute atomic E-state index is 0.229. The van der Waals surface area contributed by atoms with E-state index in [1.165, 1.54) is 0 Å². The minimum atomic E-state index is 0.229. The zero-order valence-electron chi connectivity index (χ0n) is 12.1. The van der Waals surface area contributed by atoms with E-state index in [4.69, 9.17) is 0 Å². The summed E-state index contributed by atoms with van der Waals surface area (Å²) in [5.41, 5.74) is 1.64. The summed E-state index contributed by atoms with van der Waals surface area (Å²) in [6.45, 7) is 5.49. The molecule has 0 fully saturated rings. The number of ketones is 2. The van der Waals surface area contributed by atoms with Gasteiger partial charge in [0, 0.05) is 25.9 Å². The number of Topliss-reactive ketones (excluding diaryl/α,β-unsaturated/α-hetero) is 2. The van der Waals surface area contributed by atoms with Crippen molar-refractivity contribution in [2.24, 2.45) is 9.98 Å². The van der Waals surface area contributed by atoms with Crippen LogP contribution in [0.3, 0.4) is 0 Å². The van der Waals surface area contributed by atoms with Gasteiger partial charge in [0.05, 0.1) is 11.4 Å². The van der Waals surface area contributed by atoms with E-state index in [-0.39, 0.29) is 11.6 Å². The highest BCUT2D eigenvalue weighted by Crippen LogP contribution is 2.07. The Morgan fingerprint density at radius 2 is 1.32 bits per heavy atom. The number of hydrogen-bond acceptors (Lipinski definition) is 4. The van der Waals surface area contributed by atoms with Crippen LogP contribution in [0.25, 0.3) is 0 Å². The van der Waals surface area contributed by atoms with Gasteiger partial charge in [0.2, 0.25) is 0 Å². The molecule has 4 heteroatoms. The first-order valence-corrected chi connectivity index (χ1v) is 7.32. The van der Waals surface area contributed by atoms with E-state index in [9.17, 15) is 9.59 Å². The number of hydrogen-bond donors (Lipinski definition) is 0. The van der Waals surface area contributed by atoms with Crippen LogP contribution in [0.15, 0.2) is 9.98 Å². The van der Waals surface area contributed by atoms with Crippen LogP contribution in [0.5, 0.6) is 0 Å². The van der Waals surface area contributed by atoms with Crippen LogP contribution >= 0.6 is 0 Å². The zero-order valence-corrected chi connectivity index (χ0v) is 12.1. The lowest BCUT2D eigenvalue weighted by Gasteiger charge is -2.08. The van der Waals surface area contributed by atoms with E-state index in [2.05, 4.69) is 9.98 Å². The normalized spacial score (nSPS) is 18.0. The molecule has 106 valence electrons. The minimum Gasteiger partial charge on any atom is -0.293 e. The molecule has 0 radical (unpaired) electrons. The molecule has 2 aliphatic rings. The molecule has 4 nitrogen and oxygen atoms in total. The third-order valence-corrected chi connectivity index (χ3v) is 3.28. The van der Waals surface area contributed by atoms with Crippen LogP contribution < -0.4 is 0 Å². The maximum absolute atomic E-state index is 11.0. The fourth-order valence-electron chi connectivity index (χ4n) is 2.10. The van der Waals surface area contributed by atoms with Crippen LogP contribution in [0.2, 0.25) is 0 Å².